The van der Waals surface area contributed by atoms with Gasteiger partial charge >= 0.3 is 0 Å². The Morgan fingerprint density at radius 1 is 0.903 bits per heavy atom. The summed E-state index contributed by atoms with van der Waals surface area (Å²) in [5.41, 5.74) is 1.67. The summed E-state index contributed by atoms with van der Waals surface area (Å²) in [6.07, 6.45) is 0. The smallest absolute Gasteiger partial charge is 0.268 e. The molecule has 0 N–H and O–H groups in total. The monoisotopic (exact) mass is 438 g/mol. The van der Waals surface area contributed by atoms with Crippen molar-refractivity contribution in [1.29, 1.82) is 0 Å². The summed E-state index contributed by atoms with van der Waals surface area (Å²) in [6, 6.07) is 21.4. The van der Waals surface area contributed by atoms with Crippen molar-refractivity contribution in [3.8, 4) is 17.0 Å². The zero-order chi connectivity index (χ0) is 22.0. The maximum atomic E-state index is 13.7. The Bertz CT molecular complexity index is 1300. The molecule has 31 heavy (non-hydrogen) atoms. The molecule has 0 radical (unpaired) electrons. The summed E-state index contributed by atoms with van der Waals surface area (Å²) < 4.78 is 48.4. The second kappa shape index (κ2) is 8.53. The third-order valence-corrected chi connectivity index (χ3v) is 6.70. The number of rotatable bonds is 7. The molecule has 0 aliphatic rings. The van der Waals surface area contributed by atoms with Crippen molar-refractivity contribution in [2.45, 2.75) is 4.90 Å². The molecule has 0 amide bonds. The SMILES string of the molecule is CN(C)CCOc1c(-c2ccccc2)n(S(=O)(=O)c2ccc(F)cc2)c2ccccc12. The number of hydrogen-bond acceptors (Lipinski definition) is 4. The van der Waals surface area contributed by atoms with E-state index < -0.39 is 15.8 Å². The molecule has 5 nitrogen and oxygen atoms in total. The highest BCUT2D eigenvalue weighted by Crippen LogP contribution is 2.42. The first-order valence-electron chi connectivity index (χ1n) is 9.87. The molecule has 4 aromatic rings. The number of halogens is 1. The van der Waals surface area contributed by atoms with Crippen LogP contribution in [0.15, 0.2) is 83.8 Å². The standard InChI is InChI=1S/C24H23FN2O3S/c1-26(2)16-17-30-24-21-10-6-7-11-22(21)27(23(24)18-8-4-3-5-9-18)31(28,29)20-14-12-19(25)13-15-20/h3-15H,16-17H2,1-2H3. The zero-order valence-electron chi connectivity index (χ0n) is 17.3. The lowest BCUT2D eigenvalue weighted by atomic mass is 10.1. The van der Waals surface area contributed by atoms with Crippen LogP contribution < -0.4 is 4.74 Å². The van der Waals surface area contributed by atoms with Gasteiger partial charge in [0.05, 0.1) is 10.4 Å². The molecule has 0 spiro atoms. The van der Waals surface area contributed by atoms with Gasteiger partial charge in [0.2, 0.25) is 0 Å². The highest BCUT2D eigenvalue weighted by Gasteiger charge is 2.28. The largest absolute Gasteiger partial charge is 0.489 e. The lowest BCUT2D eigenvalue weighted by molar-refractivity contribution is 0.264. The van der Waals surface area contributed by atoms with E-state index in [-0.39, 0.29) is 4.90 Å². The quantitative estimate of drug-likeness (QED) is 0.422. The lowest BCUT2D eigenvalue weighted by Gasteiger charge is -2.15. The number of nitrogens with zero attached hydrogens (tertiary/aromatic N) is 2. The van der Waals surface area contributed by atoms with Gasteiger partial charge in [-0.05, 0) is 50.5 Å². The number of benzene rings is 3. The van der Waals surface area contributed by atoms with E-state index in [0.717, 1.165) is 12.1 Å². The van der Waals surface area contributed by atoms with Gasteiger partial charge < -0.3 is 9.64 Å². The van der Waals surface area contributed by atoms with Crippen molar-refractivity contribution >= 4 is 20.9 Å². The molecular formula is C24H23FN2O3S. The van der Waals surface area contributed by atoms with E-state index in [1.54, 1.807) is 12.1 Å². The van der Waals surface area contributed by atoms with Crippen LogP contribution >= 0.6 is 0 Å². The molecule has 4 rings (SSSR count). The van der Waals surface area contributed by atoms with Crippen molar-refractivity contribution < 1.29 is 17.5 Å². The van der Waals surface area contributed by atoms with Gasteiger partial charge in [-0.15, -0.1) is 0 Å². The second-order valence-corrected chi connectivity index (χ2v) is 9.22. The minimum absolute atomic E-state index is 0.00618. The van der Waals surface area contributed by atoms with E-state index in [1.165, 1.54) is 16.1 Å². The number of para-hydroxylation sites is 1. The van der Waals surface area contributed by atoms with E-state index in [2.05, 4.69) is 0 Å². The van der Waals surface area contributed by atoms with Gasteiger partial charge in [0, 0.05) is 17.5 Å². The van der Waals surface area contributed by atoms with Crippen LogP contribution in [-0.2, 0) is 10.0 Å². The Morgan fingerprint density at radius 3 is 2.23 bits per heavy atom. The Hall–Kier alpha value is -3.16. The van der Waals surface area contributed by atoms with Gasteiger partial charge in [0.25, 0.3) is 10.0 Å². The number of ether oxygens (including phenoxy) is 1. The fourth-order valence-corrected chi connectivity index (χ4v) is 5.00. The molecule has 0 unspecified atom stereocenters. The molecule has 7 heteroatoms. The summed E-state index contributed by atoms with van der Waals surface area (Å²) in [6.45, 7) is 1.08. The Kier molecular flexibility index (Phi) is 5.80. The van der Waals surface area contributed by atoms with E-state index in [0.29, 0.717) is 41.1 Å². The molecule has 0 saturated heterocycles. The molecule has 0 atom stereocenters. The molecule has 1 heterocycles. The molecule has 0 aliphatic carbocycles. The minimum atomic E-state index is -4.02. The van der Waals surface area contributed by atoms with Crippen molar-refractivity contribution in [2.24, 2.45) is 0 Å². The van der Waals surface area contributed by atoms with E-state index in [9.17, 15) is 12.8 Å². The third-order valence-electron chi connectivity index (χ3n) is 4.97. The van der Waals surface area contributed by atoms with Gasteiger partial charge in [-0.3, -0.25) is 0 Å². The summed E-state index contributed by atoms with van der Waals surface area (Å²) in [4.78, 5) is 2.00. The van der Waals surface area contributed by atoms with E-state index >= 15 is 0 Å². The van der Waals surface area contributed by atoms with E-state index in [1.807, 2.05) is 61.5 Å². The van der Waals surface area contributed by atoms with Gasteiger partial charge in [-0.1, -0.05) is 42.5 Å². The molecule has 0 aliphatic heterocycles. The Labute approximate surface area is 181 Å². The average Bonchev–Trinajstić information content (AvgIpc) is 3.10. The first-order chi connectivity index (χ1) is 14.9. The Balaban J connectivity index is 2.01. The zero-order valence-corrected chi connectivity index (χ0v) is 18.1. The van der Waals surface area contributed by atoms with Crippen LogP contribution in [0.25, 0.3) is 22.2 Å². The minimum Gasteiger partial charge on any atom is -0.489 e. The molecule has 3 aromatic carbocycles. The second-order valence-electron chi connectivity index (χ2n) is 7.44. The molecule has 160 valence electrons. The number of fused-ring (bicyclic) bond motifs is 1. The fraction of sp³-hybridized carbons (Fsp3) is 0.167. The predicted molar refractivity (Wildman–Crippen MR) is 120 cm³/mol. The van der Waals surface area contributed by atoms with Crippen LogP contribution in [0.2, 0.25) is 0 Å². The first-order valence-corrected chi connectivity index (χ1v) is 11.3. The number of hydrogen-bond donors (Lipinski definition) is 0. The summed E-state index contributed by atoms with van der Waals surface area (Å²) >= 11 is 0. The van der Waals surface area contributed by atoms with Gasteiger partial charge in [-0.25, -0.2) is 16.8 Å². The molecule has 0 saturated carbocycles. The average molecular weight is 439 g/mol. The molecule has 0 bridgehead atoms. The molecule has 0 fully saturated rings. The van der Waals surface area contributed by atoms with Crippen LogP contribution in [0.1, 0.15) is 0 Å². The van der Waals surface area contributed by atoms with Crippen LogP contribution in [0, 0.1) is 5.82 Å². The van der Waals surface area contributed by atoms with Crippen LogP contribution in [0.3, 0.4) is 0 Å². The van der Waals surface area contributed by atoms with Crippen molar-refractivity contribution in [3.05, 3.63) is 84.7 Å². The van der Waals surface area contributed by atoms with Crippen LogP contribution in [0.5, 0.6) is 5.75 Å². The maximum Gasteiger partial charge on any atom is 0.268 e. The normalized spacial score (nSPS) is 11.9. The number of aromatic nitrogens is 1. The lowest BCUT2D eigenvalue weighted by Crippen LogP contribution is -2.19. The first kappa shape index (κ1) is 21.1. The van der Waals surface area contributed by atoms with Gasteiger partial charge in [0.15, 0.2) is 5.75 Å². The summed E-state index contributed by atoms with van der Waals surface area (Å²) in [5, 5.41) is 0.700. The highest BCUT2D eigenvalue weighted by molar-refractivity contribution is 7.90. The fourth-order valence-electron chi connectivity index (χ4n) is 3.47. The topological polar surface area (TPSA) is 51.5 Å². The number of likely N-dealkylation sites (N-methyl/N-ethyl adjacent to an activating group) is 1. The highest BCUT2D eigenvalue weighted by atomic mass is 32.2. The molecular weight excluding hydrogens is 415 g/mol. The van der Waals surface area contributed by atoms with Crippen molar-refractivity contribution in [2.75, 3.05) is 27.2 Å². The van der Waals surface area contributed by atoms with Crippen molar-refractivity contribution in [1.82, 2.24) is 8.87 Å². The van der Waals surface area contributed by atoms with E-state index in [4.69, 9.17) is 4.74 Å². The molecule has 1 aromatic heterocycles. The third kappa shape index (κ3) is 4.06. The van der Waals surface area contributed by atoms with Crippen LogP contribution in [0.4, 0.5) is 4.39 Å². The van der Waals surface area contributed by atoms with Gasteiger partial charge in [-0.2, -0.15) is 0 Å². The van der Waals surface area contributed by atoms with Gasteiger partial charge in [0.1, 0.15) is 18.1 Å². The summed E-state index contributed by atoms with van der Waals surface area (Å²) in [5.74, 6) is 0.0154. The summed E-state index contributed by atoms with van der Waals surface area (Å²) in [7, 11) is -0.126. The predicted octanol–water partition coefficient (Wildman–Crippen LogP) is 4.62. The maximum absolute atomic E-state index is 13.7. The Morgan fingerprint density at radius 2 is 1.55 bits per heavy atom. The van der Waals surface area contributed by atoms with Crippen LogP contribution in [-0.4, -0.2) is 44.5 Å². The van der Waals surface area contributed by atoms with Crippen molar-refractivity contribution in [3.63, 3.8) is 0 Å².